The second kappa shape index (κ2) is 9.89. The average Bonchev–Trinajstić information content (AvgIpc) is 3.60. The van der Waals surface area contributed by atoms with Crippen LogP contribution in [0.4, 0.5) is 0 Å². The summed E-state index contributed by atoms with van der Waals surface area (Å²) in [5, 5.41) is 3.05. The smallest absolute Gasteiger partial charge is 0.271 e. The van der Waals surface area contributed by atoms with E-state index in [1.807, 2.05) is 59.2 Å². The van der Waals surface area contributed by atoms with Crippen molar-refractivity contribution in [3.63, 3.8) is 0 Å². The first kappa shape index (κ1) is 24.2. The van der Waals surface area contributed by atoms with Crippen LogP contribution in [-0.4, -0.2) is 41.0 Å². The van der Waals surface area contributed by atoms with Gasteiger partial charge in [0.25, 0.3) is 5.91 Å². The summed E-state index contributed by atoms with van der Waals surface area (Å²) in [7, 11) is 3.13. The minimum absolute atomic E-state index is 0.162. The Bertz CT molecular complexity index is 1410. The molecule has 4 aromatic rings. The van der Waals surface area contributed by atoms with Crippen molar-refractivity contribution >= 4 is 11.8 Å². The molecule has 0 radical (unpaired) electrons. The van der Waals surface area contributed by atoms with Crippen LogP contribution in [-0.2, 0) is 24.4 Å². The molecule has 5 rings (SSSR count). The van der Waals surface area contributed by atoms with Crippen molar-refractivity contribution in [2.75, 3.05) is 14.2 Å². The number of carbonyl (C=O) groups is 2. The van der Waals surface area contributed by atoms with Crippen LogP contribution in [0.1, 0.15) is 28.5 Å². The number of hydrogen-bond donors (Lipinski definition) is 1. The van der Waals surface area contributed by atoms with E-state index in [0.717, 1.165) is 16.8 Å². The molecule has 2 aromatic heterocycles. The topological polar surface area (TPSA) is 85.9 Å². The molecule has 3 heterocycles. The molecule has 0 saturated heterocycles. The van der Waals surface area contributed by atoms with Crippen molar-refractivity contribution < 1.29 is 23.5 Å². The molecule has 37 heavy (non-hydrogen) atoms. The number of ether oxygens (including phenoxy) is 2. The summed E-state index contributed by atoms with van der Waals surface area (Å²) < 4.78 is 18.6. The molecule has 190 valence electrons. The lowest BCUT2D eigenvalue weighted by atomic mass is 9.93. The molecule has 8 heteroatoms. The third-order valence-electron chi connectivity index (χ3n) is 6.88. The average molecular weight is 500 g/mol. The fraction of sp³-hybridized carbons (Fsp3) is 0.241. The highest BCUT2D eigenvalue weighted by Crippen LogP contribution is 2.37. The number of amides is 2. The van der Waals surface area contributed by atoms with Gasteiger partial charge in [0.1, 0.15) is 17.0 Å². The summed E-state index contributed by atoms with van der Waals surface area (Å²) in [5.41, 5.74) is 1.74. The quantitative estimate of drug-likeness (QED) is 0.386. The Morgan fingerprint density at radius 3 is 2.46 bits per heavy atom. The molecule has 2 amide bonds. The van der Waals surface area contributed by atoms with E-state index in [1.165, 1.54) is 0 Å². The van der Waals surface area contributed by atoms with Gasteiger partial charge in [-0.05, 0) is 42.8 Å². The van der Waals surface area contributed by atoms with Crippen molar-refractivity contribution in [3.05, 3.63) is 95.9 Å². The number of carbonyl (C=O) groups excluding carboxylic acids is 2. The zero-order chi connectivity index (χ0) is 26.0. The van der Waals surface area contributed by atoms with E-state index in [1.54, 1.807) is 50.5 Å². The van der Waals surface area contributed by atoms with E-state index in [2.05, 4.69) is 5.32 Å². The molecular formula is C29H29N3O5. The van der Waals surface area contributed by atoms with E-state index in [-0.39, 0.29) is 24.9 Å². The summed E-state index contributed by atoms with van der Waals surface area (Å²) in [6, 6.07) is 22.5. The van der Waals surface area contributed by atoms with Crippen molar-refractivity contribution in [3.8, 4) is 23.0 Å². The Morgan fingerprint density at radius 2 is 1.76 bits per heavy atom. The molecule has 1 N–H and O–H groups in total. The molecule has 0 spiro atoms. The van der Waals surface area contributed by atoms with E-state index < -0.39 is 5.54 Å². The Morgan fingerprint density at radius 1 is 0.973 bits per heavy atom. The van der Waals surface area contributed by atoms with Gasteiger partial charge in [0.2, 0.25) is 5.91 Å². The maximum Gasteiger partial charge on any atom is 0.271 e. The van der Waals surface area contributed by atoms with Crippen LogP contribution in [0.15, 0.2) is 83.5 Å². The van der Waals surface area contributed by atoms with Crippen molar-refractivity contribution in [1.29, 1.82) is 0 Å². The van der Waals surface area contributed by atoms with E-state index in [0.29, 0.717) is 29.5 Å². The summed E-state index contributed by atoms with van der Waals surface area (Å²) in [6.07, 6.45) is 1.59. The minimum Gasteiger partial charge on any atom is -0.493 e. The van der Waals surface area contributed by atoms with Gasteiger partial charge in [-0.25, -0.2) is 0 Å². The number of benzene rings is 2. The fourth-order valence-electron chi connectivity index (χ4n) is 4.88. The second-order valence-corrected chi connectivity index (χ2v) is 9.15. The molecule has 8 nitrogen and oxygen atoms in total. The largest absolute Gasteiger partial charge is 0.493 e. The maximum atomic E-state index is 14.0. The van der Waals surface area contributed by atoms with Crippen molar-refractivity contribution in [1.82, 2.24) is 14.8 Å². The normalized spacial score (nSPS) is 16.8. The first-order chi connectivity index (χ1) is 18.0. The molecule has 0 bridgehead atoms. The number of furan rings is 1. The number of fused-ring (bicyclic) bond motifs is 1. The van der Waals surface area contributed by atoms with Gasteiger partial charge in [-0.3, -0.25) is 9.59 Å². The lowest BCUT2D eigenvalue weighted by Crippen LogP contribution is -2.63. The molecule has 2 aromatic carbocycles. The SMILES string of the molecule is COc1cccc(CN2C(=O)c3ccc(-c4ccco4)n3CC2(C)C(=O)NCc2ccccc2)c1OC. The van der Waals surface area contributed by atoms with Crippen LogP contribution >= 0.6 is 0 Å². The van der Waals surface area contributed by atoms with Gasteiger partial charge in [0, 0.05) is 12.1 Å². The van der Waals surface area contributed by atoms with Crippen LogP contribution in [0.2, 0.25) is 0 Å². The Labute approximate surface area is 215 Å². The Hall–Kier alpha value is -4.46. The third kappa shape index (κ3) is 4.35. The molecule has 1 atom stereocenters. The number of rotatable bonds is 8. The summed E-state index contributed by atoms with van der Waals surface area (Å²) in [4.78, 5) is 29.4. The predicted octanol–water partition coefficient (Wildman–Crippen LogP) is 4.50. The van der Waals surface area contributed by atoms with Crippen LogP contribution < -0.4 is 14.8 Å². The lowest BCUT2D eigenvalue weighted by Gasteiger charge is -2.44. The highest BCUT2D eigenvalue weighted by Gasteiger charge is 2.48. The van der Waals surface area contributed by atoms with Gasteiger partial charge < -0.3 is 28.7 Å². The van der Waals surface area contributed by atoms with E-state index >= 15 is 0 Å². The van der Waals surface area contributed by atoms with Crippen molar-refractivity contribution in [2.45, 2.75) is 32.1 Å². The molecule has 0 saturated carbocycles. The third-order valence-corrected chi connectivity index (χ3v) is 6.88. The van der Waals surface area contributed by atoms with Crippen LogP contribution in [0.3, 0.4) is 0 Å². The molecule has 1 unspecified atom stereocenters. The van der Waals surface area contributed by atoms with Gasteiger partial charge in [0.05, 0.1) is 39.3 Å². The van der Waals surface area contributed by atoms with Gasteiger partial charge in [-0.15, -0.1) is 0 Å². The molecular weight excluding hydrogens is 470 g/mol. The Balaban J connectivity index is 1.55. The predicted molar refractivity (Wildman–Crippen MR) is 138 cm³/mol. The number of hydrogen-bond acceptors (Lipinski definition) is 5. The van der Waals surface area contributed by atoms with E-state index in [4.69, 9.17) is 13.9 Å². The number of para-hydroxylation sites is 1. The van der Waals surface area contributed by atoms with E-state index in [9.17, 15) is 9.59 Å². The van der Waals surface area contributed by atoms with Crippen LogP contribution in [0.25, 0.3) is 11.5 Å². The first-order valence-electron chi connectivity index (χ1n) is 12.0. The second-order valence-electron chi connectivity index (χ2n) is 9.15. The van der Waals surface area contributed by atoms with Gasteiger partial charge in [-0.1, -0.05) is 42.5 Å². The summed E-state index contributed by atoms with van der Waals surface area (Å²) in [5.74, 6) is 1.21. The van der Waals surface area contributed by atoms with Crippen LogP contribution in [0, 0.1) is 0 Å². The monoisotopic (exact) mass is 499 g/mol. The Kier molecular flexibility index (Phi) is 6.48. The summed E-state index contributed by atoms with van der Waals surface area (Å²) >= 11 is 0. The minimum atomic E-state index is -1.20. The van der Waals surface area contributed by atoms with Crippen LogP contribution in [0.5, 0.6) is 11.5 Å². The standard InChI is InChI=1S/C29H29N3O5/c1-29(28(34)30-17-20-9-5-4-6-10-20)19-31-22(24-13-8-16-37-24)14-15-23(31)27(33)32(29)18-21-11-7-12-25(35-2)26(21)36-3/h4-16H,17-19H2,1-3H3,(H,30,34). The van der Waals surface area contributed by atoms with Crippen molar-refractivity contribution in [2.24, 2.45) is 0 Å². The van der Waals surface area contributed by atoms with Gasteiger partial charge >= 0.3 is 0 Å². The van der Waals surface area contributed by atoms with Gasteiger partial charge in [0.15, 0.2) is 11.5 Å². The highest BCUT2D eigenvalue weighted by molar-refractivity contribution is 6.00. The number of methoxy groups -OCH3 is 2. The number of nitrogens with zero attached hydrogens (tertiary/aromatic N) is 2. The zero-order valence-electron chi connectivity index (χ0n) is 21.1. The molecule has 1 aliphatic rings. The highest BCUT2D eigenvalue weighted by atomic mass is 16.5. The molecule has 1 aliphatic heterocycles. The summed E-state index contributed by atoms with van der Waals surface area (Å²) in [6.45, 7) is 2.57. The molecule has 0 fully saturated rings. The van der Waals surface area contributed by atoms with Gasteiger partial charge in [-0.2, -0.15) is 0 Å². The maximum absolute atomic E-state index is 14.0. The number of aromatic nitrogens is 1. The molecule has 0 aliphatic carbocycles. The fourth-order valence-corrected chi connectivity index (χ4v) is 4.88. The lowest BCUT2D eigenvalue weighted by molar-refractivity contribution is -0.133. The first-order valence-corrected chi connectivity index (χ1v) is 12.0. The zero-order valence-corrected chi connectivity index (χ0v) is 21.1. The number of nitrogens with one attached hydrogen (secondary N) is 1.